The second kappa shape index (κ2) is 4.17. The molecule has 0 fully saturated rings. The average Bonchev–Trinajstić information content (AvgIpc) is 2.88. The second-order valence-electron chi connectivity index (χ2n) is 4.02. The molecule has 1 aliphatic heterocycles. The van der Waals surface area contributed by atoms with Crippen LogP contribution in [0.25, 0.3) is 10.9 Å². The van der Waals surface area contributed by atoms with Crippen LogP contribution in [0.15, 0.2) is 34.1 Å². The zero-order chi connectivity index (χ0) is 12.7. The number of esters is 1. The topological polar surface area (TPSA) is 48.3 Å². The maximum absolute atomic E-state index is 12.4. The Balaban J connectivity index is 2.47. The van der Waals surface area contributed by atoms with Gasteiger partial charge in [0.2, 0.25) is 5.43 Å². The number of benzene rings is 1. The molecule has 0 aliphatic carbocycles. The highest BCUT2D eigenvalue weighted by Crippen LogP contribution is 2.31. The van der Waals surface area contributed by atoms with Gasteiger partial charge in [-0.05, 0) is 12.1 Å². The molecule has 0 atom stereocenters. The zero-order valence-electron chi connectivity index (χ0n) is 9.80. The summed E-state index contributed by atoms with van der Waals surface area (Å²) in [5.41, 5.74) is 0.812. The highest BCUT2D eigenvalue weighted by Gasteiger charge is 2.25. The number of aromatic nitrogens is 1. The number of aryl methyl sites for hydroxylation is 1. The molecular weight excluding hydrogens is 250 g/mol. The SMILES string of the molecule is COC(=O)c1c2n(c3ccccc3c1=O)CCS2. The van der Waals surface area contributed by atoms with Gasteiger partial charge in [0.1, 0.15) is 5.56 Å². The van der Waals surface area contributed by atoms with E-state index in [1.165, 1.54) is 18.9 Å². The Morgan fingerprint density at radius 2 is 2.17 bits per heavy atom. The lowest BCUT2D eigenvalue weighted by molar-refractivity contribution is 0.0594. The highest BCUT2D eigenvalue weighted by atomic mass is 32.2. The van der Waals surface area contributed by atoms with Crippen LogP contribution < -0.4 is 5.43 Å². The first-order valence-electron chi connectivity index (χ1n) is 5.60. The Morgan fingerprint density at radius 1 is 1.39 bits per heavy atom. The molecule has 2 aromatic rings. The molecule has 0 unspecified atom stereocenters. The first-order chi connectivity index (χ1) is 8.74. The number of para-hydroxylation sites is 1. The number of thioether (sulfide) groups is 1. The fourth-order valence-electron chi connectivity index (χ4n) is 2.26. The molecule has 1 aliphatic rings. The van der Waals surface area contributed by atoms with Gasteiger partial charge in [0.15, 0.2) is 0 Å². The van der Waals surface area contributed by atoms with Crippen molar-refractivity contribution in [1.82, 2.24) is 4.57 Å². The minimum absolute atomic E-state index is 0.165. The fourth-order valence-corrected chi connectivity index (χ4v) is 3.40. The summed E-state index contributed by atoms with van der Waals surface area (Å²) in [5, 5.41) is 1.30. The van der Waals surface area contributed by atoms with Crippen LogP contribution in [0, 0.1) is 0 Å². The fraction of sp³-hybridized carbons (Fsp3) is 0.231. The molecule has 18 heavy (non-hydrogen) atoms. The summed E-state index contributed by atoms with van der Waals surface area (Å²) in [6, 6.07) is 7.36. The molecule has 2 heterocycles. The van der Waals surface area contributed by atoms with Crippen LogP contribution in [0.1, 0.15) is 10.4 Å². The van der Waals surface area contributed by atoms with Crippen molar-refractivity contribution < 1.29 is 9.53 Å². The van der Waals surface area contributed by atoms with E-state index < -0.39 is 5.97 Å². The van der Waals surface area contributed by atoms with E-state index in [4.69, 9.17) is 4.74 Å². The summed E-state index contributed by atoms with van der Waals surface area (Å²) >= 11 is 1.53. The van der Waals surface area contributed by atoms with E-state index >= 15 is 0 Å². The van der Waals surface area contributed by atoms with Gasteiger partial charge in [-0.25, -0.2) is 4.79 Å². The number of pyridine rings is 1. The van der Waals surface area contributed by atoms with E-state index in [0.717, 1.165) is 22.8 Å². The van der Waals surface area contributed by atoms with Crippen LogP contribution in [0.5, 0.6) is 0 Å². The van der Waals surface area contributed by atoms with E-state index in [1.54, 1.807) is 12.1 Å². The van der Waals surface area contributed by atoms with Gasteiger partial charge in [-0.1, -0.05) is 12.1 Å². The Hall–Kier alpha value is -1.75. The normalized spacial score (nSPS) is 13.6. The molecule has 0 bridgehead atoms. The van der Waals surface area contributed by atoms with E-state index in [9.17, 15) is 9.59 Å². The largest absolute Gasteiger partial charge is 0.465 e. The van der Waals surface area contributed by atoms with E-state index in [-0.39, 0.29) is 11.0 Å². The molecule has 4 nitrogen and oxygen atoms in total. The Labute approximate surface area is 108 Å². The highest BCUT2D eigenvalue weighted by molar-refractivity contribution is 7.99. The summed E-state index contributed by atoms with van der Waals surface area (Å²) in [4.78, 5) is 24.1. The Morgan fingerprint density at radius 3 is 2.94 bits per heavy atom. The molecule has 0 amide bonds. The number of fused-ring (bicyclic) bond motifs is 3. The second-order valence-corrected chi connectivity index (χ2v) is 5.10. The molecule has 5 heteroatoms. The van der Waals surface area contributed by atoms with Crippen molar-refractivity contribution in [3.63, 3.8) is 0 Å². The summed E-state index contributed by atoms with van der Waals surface area (Å²) < 4.78 is 6.75. The lowest BCUT2D eigenvalue weighted by Crippen LogP contribution is -2.21. The van der Waals surface area contributed by atoms with Gasteiger partial charge < -0.3 is 9.30 Å². The van der Waals surface area contributed by atoms with Crippen molar-refractivity contribution >= 4 is 28.6 Å². The van der Waals surface area contributed by atoms with Crippen molar-refractivity contribution in [1.29, 1.82) is 0 Å². The number of nitrogens with zero attached hydrogens (tertiary/aromatic N) is 1. The van der Waals surface area contributed by atoms with Crippen molar-refractivity contribution in [3.05, 3.63) is 40.1 Å². The maximum atomic E-state index is 12.4. The van der Waals surface area contributed by atoms with Gasteiger partial charge in [0.25, 0.3) is 0 Å². The molecular formula is C13H11NO3S. The van der Waals surface area contributed by atoms with Gasteiger partial charge >= 0.3 is 5.97 Å². The number of methoxy groups -OCH3 is 1. The predicted octanol–water partition coefficient (Wildman–Crippen LogP) is 1.89. The van der Waals surface area contributed by atoms with Crippen LogP contribution in [0.4, 0.5) is 0 Å². The van der Waals surface area contributed by atoms with Gasteiger partial charge in [0.05, 0.1) is 17.7 Å². The molecule has 3 rings (SSSR count). The molecule has 1 aromatic carbocycles. The molecule has 0 N–H and O–H groups in total. The van der Waals surface area contributed by atoms with Crippen LogP contribution in [-0.2, 0) is 11.3 Å². The van der Waals surface area contributed by atoms with Crippen molar-refractivity contribution in [2.24, 2.45) is 0 Å². The van der Waals surface area contributed by atoms with E-state index in [2.05, 4.69) is 0 Å². The maximum Gasteiger partial charge on any atom is 0.344 e. The van der Waals surface area contributed by atoms with E-state index in [1.807, 2.05) is 16.7 Å². The number of rotatable bonds is 1. The van der Waals surface area contributed by atoms with Crippen molar-refractivity contribution in [2.45, 2.75) is 11.6 Å². The standard InChI is InChI=1S/C13H11NO3S/c1-17-13(16)10-11(15)8-4-2-3-5-9(8)14-6-7-18-12(10)14/h2-5H,6-7H2,1H3. The average molecular weight is 261 g/mol. The van der Waals surface area contributed by atoms with Gasteiger partial charge in [0, 0.05) is 17.7 Å². The molecule has 0 saturated carbocycles. The van der Waals surface area contributed by atoms with Crippen LogP contribution in [0.2, 0.25) is 0 Å². The monoisotopic (exact) mass is 261 g/mol. The van der Waals surface area contributed by atoms with Crippen LogP contribution >= 0.6 is 11.8 Å². The number of hydrogen-bond acceptors (Lipinski definition) is 4. The molecule has 0 saturated heterocycles. The first kappa shape index (κ1) is 11.3. The summed E-state index contributed by atoms with van der Waals surface area (Å²) in [6.07, 6.45) is 0. The minimum Gasteiger partial charge on any atom is -0.465 e. The van der Waals surface area contributed by atoms with Gasteiger partial charge in [-0.3, -0.25) is 4.79 Å². The number of carbonyl (C=O) groups is 1. The third kappa shape index (κ3) is 1.47. The van der Waals surface area contributed by atoms with Crippen LogP contribution in [-0.4, -0.2) is 23.4 Å². The minimum atomic E-state index is -0.552. The third-order valence-corrected chi connectivity index (χ3v) is 4.15. The molecule has 0 radical (unpaired) electrons. The Kier molecular flexibility index (Phi) is 2.63. The molecule has 1 aromatic heterocycles. The number of ether oxygens (including phenoxy) is 1. The predicted molar refractivity (Wildman–Crippen MR) is 70.3 cm³/mol. The molecule has 92 valence electrons. The summed E-state index contributed by atoms with van der Waals surface area (Å²) in [7, 11) is 1.30. The Bertz CT molecular complexity index is 705. The van der Waals surface area contributed by atoms with E-state index in [0.29, 0.717) is 5.39 Å². The zero-order valence-corrected chi connectivity index (χ0v) is 10.6. The smallest absolute Gasteiger partial charge is 0.344 e. The van der Waals surface area contributed by atoms with Gasteiger partial charge in [-0.15, -0.1) is 11.8 Å². The lowest BCUT2D eigenvalue weighted by Gasteiger charge is -2.11. The van der Waals surface area contributed by atoms with Crippen LogP contribution in [0.3, 0.4) is 0 Å². The third-order valence-electron chi connectivity index (χ3n) is 3.07. The summed E-state index contributed by atoms with van der Waals surface area (Å²) in [5.74, 6) is 0.321. The number of hydrogen-bond donors (Lipinski definition) is 0. The lowest BCUT2D eigenvalue weighted by atomic mass is 10.1. The van der Waals surface area contributed by atoms with Crippen molar-refractivity contribution in [2.75, 3.05) is 12.9 Å². The quantitative estimate of drug-likeness (QED) is 0.736. The van der Waals surface area contributed by atoms with Gasteiger partial charge in [-0.2, -0.15) is 0 Å². The summed E-state index contributed by atoms with van der Waals surface area (Å²) in [6.45, 7) is 0.810. The molecule has 0 spiro atoms. The van der Waals surface area contributed by atoms with Crippen molar-refractivity contribution in [3.8, 4) is 0 Å². The number of carbonyl (C=O) groups excluding carboxylic acids is 1. The first-order valence-corrected chi connectivity index (χ1v) is 6.59.